The zero-order valence-electron chi connectivity index (χ0n) is 18.7. The van der Waals surface area contributed by atoms with Crippen molar-refractivity contribution in [1.82, 2.24) is 9.80 Å². The number of hydrogen-bond donors (Lipinski definition) is 0. The molecule has 0 saturated carbocycles. The number of hydrogen-bond acceptors (Lipinski definition) is 4. The Balaban J connectivity index is 1.54. The number of rotatable bonds is 8. The molecule has 0 N–H and O–H groups in total. The summed E-state index contributed by atoms with van der Waals surface area (Å²) in [4.78, 5) is 31.3. The molecule has 5 nitrogen and oxygen atoms in total. The summed E-state index contributed by atoms with van der Waals surface area (Å²) in [6, 6.07) is 21.8. The van der Waals surface area contributed by atoms with Gasteiger partial charge in [0.25, 0.3) is 0 Å². The largest absolute Gasteiger partial charge is 0.383 e. The molecule has 0 spiro atoms. The lowest BCUT2D eigenvalue weighted by atomic mass is 9.93. The average molecular weight is 461 g/mol. The van der Waals surface area contributed by atoms with E-state index in [9.17, 15) is 9.59 Å². The van der Waals surface area contributed by atoms with Gasteiger partial charge in [-0.2, -0.15) is 0 Å². The van der Waals surface area contributed by atoms with Crippen molar-refractivity contribution in [3.05, 3.63) is 99.8 Å². The van der Waals surface area contributed by atoms with Crippen LogP contribution in [0.5, 0.6) is 0 Å². The van der Waals surface area contributed by atoms with E-state index in [2.05, 4.69) is 23.6 Å². The maximum absolute atomic E-state index is 13.5. The van der Waals surface area contributed by atoms with E-state index in [0.29, 0.717) is 19.7 Å². The molecular formula is C27H28N2O3S. The molecule has 0 fully saturated rings. The third kappa shape index (κ3) is 5.59. The maximum atomic E-state index is 13.5. The summed E-state index contributed by atoms with van der Waals surface area (Å²) < 4.78 is 5.20. The van der Waals surface area contributed by atoms with Crippen LogP contribution in [0.15, 0.2) is 78.2 Å². The number of nitrogens with zero attached hydrogens (tertiary/aromatic N) is 2. The number of benzene rings is 2. The molecule has 0 saturated heterocycles. The number of thiophene rings is 1. The van der Waals surface area contributed by atoms with Crippen LogP contribution in [0.2, 0.25) is 0 Å². The quantitative estimate of drug-likeness (QED) is 0.468. The Hall–Kier alpha value is -3.22. The average Bonchev–Trinajstić information content (AvgIpc) is 3.34. The summed E-state index contributed by atoms with van der Waals surface area (Å²) in [5.41, 5.74) is 3.21. The van der Waals surface area contributed by atoms with Crippen LogP contribution < -0.4 is 0 Å². The van der Waals surface area contributed by atoms with Crippen LogP contribution in [0.1, 0.15) is 27.6 Å². The van der Waals surface area contributed by atoms with Gasteiger partial charge in [0, 0.05) is 31.2 Å². The first-order valence-electron chi connectivity index (χ1n) is 11.1. The number of amides is 2. The zero-order chi connectivity index (χ0) is 23.0. The fourth-order valence-electron chi connectivity index (χ4n) is 4.14. The highest BCUT2D eigenvalue weighted by molar-refractivity contribution is 7.10. The second kappa shape index (κ2) is 11.1. The van der Waals surface area contributed by atoms with Gasteiger partial charge in [0.15, 0.2) is 0 Å². The summed E-state index contributed by atoms with van der Waals surface area (Å²) in [7, 11) is 1.60. The summed E-state index contributed by atoms with van der Waals surface area (Å²) in [5, 5.41) is 2.09. The van der Waals surface area contributed by atoms with Gasteiger partial charge in [-0.1, -0.05) is 60.7 Å². The van der Waals surface area contributed by atoms with Crippen molar-refractivity contribution in [3.8, 4) is 0 Å². The third-order valence-corrected chi connectivity index (χ3v) is 6.82. The molecule has 1 aliphatic rings. The molecule has 0 bridgehead atoms. The normalized spacial score (nSPS) is 15.4. The molecule has 2 heterocycles. The highest BCUT2D eigenvalue weighted by Gasteiger charge is 2.33. The molecule has 2 amide bonds. The summed E-state index contributed by atoms with van der Waals surface area (Å²) in [6.45, 7) is 1.38. The Bertz CT molecular complexity index is 1090. The second-order valence-corrected chi connectivity index (χ2v) is 8.95. The molecular weight excluding hydrogens is 432 g/mol. The van der Waals surface area contributed by atoms with E-state index in [1.807, 2.05) is 53.4 Å². The van der Waals surface area contributed by atoms with Gasteiger partial charge in [-0.05, 0) is 40.6 Å². The highest BCUT2D eigenvalue weighted by Crippen LogP contribution is 2.37. The van der Waals surface area contributed by atoms with Crippen molar-refractivity contribution in [1.29, 1.82) is 0 Å². The molecule has 6 heteroatoms. The van der Waals surface area contributed by atoms with Gasteiger partial charge in [-0.15, -0.1) is 11.3 Å². The van der Waals surface area contributed by atoms with Gasteiger partial charge >= 0.3 is 0 Å². The number of carbonyl (C=O) groups is 2. The molecule has 1 atom stereocenters. The monoisotopic (exact) mass is 460 g/mol. The molecule has 3 aromatic rings. The standard InChI is InChI=1S/C27H28N2O3S/c1-32-18-17-28(25(30)13-12-21-8-4-2-5-9-21)20-26(31)29-16-14-24-23(15-19-33-24)27(29)22-10-6-3-7-11-22/h2-13,15,19,27H,14,16-18,20H2,1H3/b13-12+. The number of carbonyl (C=O) groups excluding carboxylic acids is 2. The molecule has 1 aromatic heterocycles. The predicted octanol–water partition coefficient (Wildman–Crippen LogP) is 4.41. The van der Waals surface area contributed by atoms with Crippen LogP contribution >= 0.6 is 11.3 Å². The number of ether oxygens (including phenoxy) is 1. The second-order valence-electron chi connectivity index (χ2n) is 7.95. The minimum Gasteiger partial charge on any atom is -0.383 e. The smallest absolute Gasteiger partial charge is 0.247 e. The topological polar surface area (TPSA) is 49.9 Å². The van der Waals surface area contributed by atoms with Crippen LogP contribution in [0.4, 0.5) is 0 Å². The molecule has 0 radical (unpaired) electrons. The van der Waals surface area contributed by atoms with Crippen molar-refractivity contribution in [3.63, 3.8) is 0 Å². The van der Waals surface area contributed by atoms with E-state index in [1.165, 1.54) is 16.5 Å². The molecule has 4 rings (SSSR count). The predicted molar refractivity (Wildman–Crippen MR) is 132 cm³/mol. The van der Waals surface area contributed by atoms with E-state index >= 15 is 0 Å². The first-order valence-corrected chi connectivity index (χ1v) is 12.0. The van der Waals surface area contributed by atoms with E-state index in [4.69, 9.17) is 4.74 Å². The van der Waals surface area contributed by atoms with E-state index in [-0.39, 0.29) is 24.4 Å². The first-order chi connectivity index (χ1) is 16.2. The van der Waals surface area contributed by atoms with Crippen LogP contribution in [-0.4, -0.2) is 55.0 Å². The van der Waals surface area contributed by atoms with Crippen LogP contribution in [0.25, 0.3) is 6.08 Å². The lowest BCUT2D eigenvalue weighted by molar-refractivity contribution is -0.140. The van der Waals surface area contributed by atoms with E-state index in [0.717, 1.165) is 17.5 Å². The van der Waals surface area contributed by atoms with Gasteiger partial charge in [0.2, 0.25) is 11.8 Å². The Labute approximate surface area is 198 Å². The van der Waals surface area contributed by atoms with Crippen LogP contribution in [-0.2, 0) is 20.7 Å². The van der Waals surface area contributed by atoms with Crippen LogP contribution in [0, 0.1) is 0 Å². The van der Waals surface area contributed by atoms with Crippen LogP contribution in [0.3, 0.4) is 0 Å². The molecule has 1 unspecified atom stereocenters. The van der Waals surface area contributed by atoms with Crippen molar-refractivity contribution in [2.45, 2.75) is 12.5 Å². The first kappa shape index (κ1) is 23.0. The maximum Gasteiger partial charge on any atom is 0.247 e. The zero-order valence-corrected chi connectivity index (χ0v) is 19.5. The van der Waals surface area contributed by atoms with Crippen molar-refractivity contribution >= 4 is 29.2 Å². The minimum atomic E-state index is -0.200. The van der Waals surface area contributed by atoms with E-state index in [1.54, 1.807) is 29.4 Å². The molecule has 170 valence electrons. The fourth-order valence-corrected chi connectivity index (χ4v) is 5.04. The number of methoxy groups -OCH3 is 1. The van der Waals surface area contributed by atoms with Gasteiger partial charge in [-0.25, -0.2) is 0 Å². The van der Waals surface area contributed by atoms with Gasteiger partial charge in [-0.3, -0.25) is 9.59 Å². The summed E-state index contributed by atoms with van der Waals surface area (Å²) in [5.74, 6) is -0.257. The minimum absolute atomic E-state index is 0.0180. The Morgan fingerprint density at radius 3 is 2.55 bits per heavy atom. The lowest BCUT2D eigenvalue weighted by Crippen LogP contribution is -2.47. The molecule has 33 heavy (non-hydrogen) atoms. The molecule has 0 aliphatic carbocycles. The van der Waals surface area contributed by atoms with Gasteiger partial charge < -0.3 is 14.5 Å². The van der Waals surface area contributed by atoms with E-state index < -0.39 is 0 Å². The molecule has 2 aromatic carbocycles. The van der Waals surface area contributed by atoms with Crippen molar-refractivity contribution < 1.29 is 14.3 Å². The van der Waals surface area contributed by atoms with Gasteiger partial charge in [0.05, 0.1) is 12.6 Å². The molecule has 1 aliphatic heterocycles. The summed E-state index contributed by atoms with van der Waals surface area (Å²) in [6.07, 6.45) is 4.14. The summed E-state index contributed by atoms with van der Waals surface area (Å²) >= 11 is 1.74. The number of fused-ring (bicyclic) bond motifs is 1. The fraction of sp³-hybridized carbons (Fsp3) is 0.259. The Morgan fingerprint density at radius 2 is 1.82 bits per heavy atom. The lowest BCUT2D eigenvalue weighted by Gasteiger charge is -2.37. The Morgan fingerprint density at radius 1 is 1.09 bits per heavy atom. The SMILES string of the molecule is COCCN(CC(=O)N1CCc2sccc2C1c1ccccc1)C(=O)/C=C/c1ccccc1. The van der Waals surface area contributed by atoms with Crippen molar-refractivity contribution in [2.75, 3.05) is 33.4 Å². The highest BCUT2D eigenvalue weighted by atomic mass is 32.1. The third-order valence-electron chi connectivity index (χ3n) is 5.82. The Kier molecular flexibility index (Phi) is 7.70. The van der Waals surface area contributed by atoms with Crippen molar-refractivity contribution in [2.24, 2.45) is 0 Å². The van der Waals surface area contributed by atoms with Gasteiger partial charge in [0.1, 0.15) is 6.54 Å².